The van der Waals surface area contributed by atoms with Gasteiger partial charge in [-0.1, -0.05) is 13.8 Å². The zero-order valence-electron chi connectivity index (χ0n) is 16.4. The molecule has 0 atom stereocenters. The molecule has 0 spiro atoms. The lowest BCUT2D eigenvalue weighted by molar-refractivity contribution is 0.0339. The Morgan fingerprint density at radius 2 is 1.93 bits per heavy atom. The second-order valence-electron chi connectivity index (χ2n) is 7.33. The molecule has 6 nitrogen and oxygen atoms in total. The third-order valence-corrected chi connectivity index (χ3v) is 4.65. The van der Waals surface area contributed by atoms with E-state index in [9.17, 15) is 9.18 Å². The normalized spacial score (nSPS) is 14.9. The Hall–Kier alpha value is -1.80. The Kier molecular flexibility index (Phi) is 8.12. The number of benzene rings is 1. The number of hydrogen-bond donors (Lipinski definition) is 1. The monoisotopic (exact) mass is 410 g/mol. The Bertz CT molecular complexity index is 851. The Labute approximate surface area is 170 Å². The number of nitrogens with two attached hydrogens (primary N) is 1. The van der Waals surface area contributed by atoms with Crippen LogP contribution in [0.5, 0.6) is 0 Å². The second-order valence-corrected chi connectivity index (χ2v) is 7.33. The fourth-order valence-electron chi connectivity index (χ4n) is 3.21. The summed E-state index contributed by atoms with van der Waals surface area (Å²) in [5.74, 6) is -0.0419. The van der Waals surface area contributed by atoms with Gasteiger partial charge in [0.2, 0.25) is 0 Å². The maximum Gasteiger partial charge on any atom is 0.271 e. The van der Waals surface area contributed by atoms with Gasteiger partial charge in [0.05, 0.1) is 18.9 Å². The number of aromatic nitrogens is 2. The van der Waals surface area contributed by atoms with Gasteiger partial charge in [-0.15, -0.1) is 12.4 Å². The van der Waals surface area contributed by atoms with E-state index >= 15 is 0 Å². The first-order chi connectivity index (χ1) is 13.0. The van der Waals surface area contributed by atoms with E-state index in [0.717, 1.165) is 18.7 Å². The molecule has 1 saturated heterocycles. The van der Waals surface area contributed by atoms with Crippen molar-refractivity contribution in [2.45, 2.75) is 33.5 Å². The lowest BCUT2D eigenvalue weighted by atomic mass is 10.1. The van der Waals surface area contributed by atoms with Crippen molar-refractivity contribution < 1.29 is 9.13 Å². The Morgan fingerprint density at radius 3 is 2.57 bits per heavy atom. The van der Waals surface area contributed by atoms with Gasteiger partial charge in [-0.25, -0.2) is 9.07 Å². The summed E-state index contributed by atoms with van der Waals surface area (Å²) in [4.78, 5) is 15.1. The van der Waals surface area contributed by atoms with Crippen LogP contribution in [-0.2, 0) is 24.4 Å². The molecule has 2 aromatic rings. The molecule has 2 N–H and O–H groups in total. The molecule has 3 rings (SSSR count). The van der Waals surface area contributed by atoms with E-state index in [-0.39, 0.29) is 36.2 Å². The van der Waals surface area contributed by atoms with Crippen LogP contribution in [0.3, 0.4) is 0 Å². The highest BCUT2D eigenvalue weighted by Crippen LogP contribution is 2.21. The van der Waals surface area contributed by atoms with Crippen LogP contribution in [0.25, 0.3) is 11.3 Å². The lowest BCUT2D eigenvalue weighted by Gasteiger charge is -2.26. The first kappa shape index (κ1) is 22.5. The van der Waals surface area contributed by atoms with Gasteiger partial charge in [0, 0.05) is 49.4 Å². The van der Waals surface area contributed by atoms with Crippen LogP contribution >= 0.6 is 12.4 Å². The van der Waals surface area contributed by atoms with Crippen molar-refractivity contribution in [1.29, 1.82) is 0 Å². The highest BCUT2D eigenvalue weighted by atomic mass is 35.5. The van der Waals surface area contributed by atoms with Crippen LogP contribution in [0.2, 0.25) is 0 Å². The van der Waals surface area contributed by atoms with Crippen LogP contribution in [0, 0.1) is 11.7 Å². The third-order valence-electron chi connectivity index (χ3n) is 4.65. The van der Waals surface area contributed by atoms with Crippen molar-refractivity contribution in [1.82, 2.24) is 14.7 Å². The van der Waals surface area contributed by atoms with E-state index < -0.39 is 0 Å². The zero-order chi connectivity index (χ0) is 19.4. The maximum absolute atomic E-state index is 13.8. The molecular formula is C20H28ClFN4O2. The van der Waals surface area contributed by atoms with E-state index in [1.807, 2.05) is 19.9 Å². The summed E-state index contributed by atoms with van der Waals surface area (Å²) in [6.45, 7) is 8.26. The average molecular weight is 411 g/mol. The van der Waals surface area contributed by atoms with Crippen molar-refractivity contribution in [3.8, 4) is 11.3 Å². The lowest BCUT2D eigenvalue weighted by Crippen LogP contribution is -2.38. The van der Waals surface area contributed by atoms with Gasteiger partial charge in [0.1, 0.15) is 5.82 Å². The summed E-state index contributed by atoms with van der Waals surface area (Å²) in [5, 5.41) is 4.54. The molecule has 0 aliphatic carbocycles. The van der Waals surface area contributed by atoms with Crippen molar-refractivity contribution >= 4 is 12.4 Å². The molecule has 0 unspecified atom stereocenters. The highest BCUT2D eigenvalue weighted by molar-refractivity contribution is 5.85. The molecule has 0 bridgehead atoms. The van der Waals surface area contributed by atoms with Crippen molar-refractivity contribution in [3.63, 3.8) is 0 Å². The van der Waals surface area contributed by atoms with Crippen LogP contribution in [0.4, 0.5) is 4.39 Å². The van der Waals surface area contributed by atoms with Crippen molar-refractivity contribution in [2.75, 3.05) is 26.3 Å². The molecule has 28 heavy (non-hydrogen) atoms. The van der Waals surface area contributed by atoms with Crippen LogP contribution in [0.1, 0.15) is 25.0 Å². The van der Waals surface area contributed by atoms with Gasteiger partial charge in [-0.3, -0.25) is 9.69 Å². The molecule has 8 heteroatoms. The quantitative estimate of drug-likeness (QED) is 0.791. The fraction of sp³-hybridized carbons (Fsp3) is 0.500. The van der Waals surface area contributed by atoms with Crippen molar-refractivity contribution in [3.05, 3.63) is 51.6 Å². The van der Waals surface area contributed by atoms with Gasteiger partial charge in [0.25, 0.3) is 5.56 Å². The molecule has 1 fully saturated rings. The number of hydrogen-bond acceptors (Lipinski definition) is 5. The number of rotatable bonds is 6. The predicted molar refractivity (Wildman–Crippen MR) is 110 cm³/mol. The predicted octanol–water partition coefficient (Wildman–Crippen LogP) is 2.42. The molecule has 1 aromatic heterocycles. The van der Waals surface area contributed by atoms with E-state index in [4.69, 9.17) is 10.5 Å². The SMILES string of the molecule is CC(C)Cn1nc(-c2ccc(F)c(CN)c2)cc(CN2CCOCC2)c1=O.Cl. The van der Waals surface area contributed by atoms with E-state index in [1.54, 1.807) is 12.1 Å². The van der Waals surface area contributed by atoms with Crippen LogP contribution < -0.4 is 11.3 Å². The Morgan fingerprint density at radius 1 is 1.21 bits per heavy atom. The fourth-order valence-corrected chi connectivity index (χ4v) is 3.21. The van der Waals surface area contributed by atoms with Crippen LogP contribution in [0.15, 0.2) is 29.1 Å². The first-order valence-electron chi connectivity index (χ1n) is 9.38. The maximum atomic E-state index is 13.8. The molecule has 154 valence electrons. The third kappa shape index (κ3) is 5.38. The van der Waals surface area contributed by atoms with Crippen LogP contribution in [-0.4, -0.2) is 41.0 Å². The molecular weight excluding hydrogens is 383 g/mol. The van der Waals surface area contributed by atoms with Gasteiger partial charge < -0.3 is 10.5 Å². The van der Waals surface area contributed by atoms with Crippen molar-refractivity contribution in [2.24, 2.45) is 11.7 Å². The molecule has 1 aliphatic rings. The molecule has 2 heterocycles. The van der Waals surface area contributed by atoms with E-state index in [2.05, 4.69) is 10.00 Å². The van der Waals surface area contributed by atoms with E-state index in [1.165, 1.54) is 10.7 Å². The summed E-state index contributed by atoms with van der Waals surface area (Å²) in [7, 11) is 0. The number of ether oxygens (including phenoxy) is 1. The van der Waals surface area contributed by atoms with Gasteiger partial charge >= 0.3 is 0 Å². The average Bonchev–Trinajstić information content (AvgIpc) is 2.65. The number of halogens is 2. The van der Waals surface area contributed by atoms with E-state index in [0.29, 0.717) is 43.1 Å². The van der Waals surface area contributed by atoms with Gasteiger partial charge in [-0.2, -0.15) is 5.10 Å². The number of nitrogens with zero attached hydrogens (tertiary/aromatic N) is 3. The highest BCUT2D eigenvalue weighted by Gasteiger charge is 2.17. The topological polar surface area (TPSA) is 73.4 Å². The van der Waals surface area contributed by atoms with Gasteiger partial charge in [-0.05, 0) is 30.2 Å². The summed E-state index contributed by atoms with van der Waals surface area (Å²) < 4.78 is 20.7. The molecule has 1 aliphatic heterocycles. The second kappa shape index (κ2) is 10.1. The summed E-state index contributed by atoms with van der Waals surface area (Å²) in [6.07, 6.45) is 0. The molecule has 1 aromatic carbocycles. The molecule has 0 amide bonds. The first-order valence-corrected chi connectivity index (χ1v) is 9.38. The standard InChI is InChI=1S/C20H27FN4O2.ClH/c1-14(2)12-25-20(26)17(13-24-5-7-27-8-6-24)10-19(23-25)15-3-4-18(21)16(9-15)11-22;/h3-4,9-10,14H,5-8,11-13,22H2,1-2H3;1H. The minimum absolute atomic E-state index is 0. The Balaban J connectivity index is 0.00000280. The zero-order valence-corrected chi connectivity index (χ0v) is 17.2. The molecule has 0 saturated carbocycles. The summed E-state index contributed by atoms with van der Waals surface area (Å²) in [6, 6.07) is 6.61. The minimum atomic E-state index is -0.328. The minimum Gasteiger partial charge on any atom is -0.379 e. The largest absolute Gasteiger partial charge is 0.379 e. The molecule has 0 radical (unpaired) electrons. The summed E-state index contributed by atoms with van der Waals surface area (Å²) in [5.41, 5.74) is 8.12. The number of morpholine rings is 1. The summed E-state index contributed by atoms with van der Waals surface area (Å²) >= 11 is 0. The smallest absolute Gasteiger partial charge is 0.271 e. The van der Waals surface area contributed by atoms with Gasteiger partial charge in [0.15, 0.2) is 0 Å².